The van der Waals surface area contributed by atoms with E-state index in [1.807, 2.05) is 32.0 Å². The zero-order valence-electron chi connectivity index (χ0n) is 10.8. The normalized spacial score (nSPS) is 11.8. The number of nitrogens with two attached hydrogens (primary N) is 1. The Balaban J connectivity index is 2.44. The highest BCUT2D eigenvalue weighted by Gasteiger charge is 2.29. The van der Waals surface area contributed by atoms with Crippen molar-refractivity contribution in [2.45, 2.75) is 32.2 Å². The first-order valence-corrected chi connectivity index (χ1v) is 7.67. The molecule has 19 heavy (non-hydrogen) atoms. The number of benzene rings is 1. The van der Waals surface area contributed by atoms with Crippen molar-refractivity contribution in [3.8, 4) is 11.5 Å². The lowest BCUT2D eigenvalue weighted by Crippen LogP contribution is -2.36. The van der Waals surface area contributed by atoms with Crippen LogP contribution in [0, 0.1) is 0 Å². The van der Waals surface area contributed by atoms with Crippen molar-refractivity contribution >= 4 is 31.9 Å². The zero-order valence-corrected chi connectivity index (χ0v) is 14.0. The van der Waals surface area contributed by atoms with Crippen LogP contribution in [0.25, 0.3) is 11.5 Å². The Morgan fingerprint density at radius 3 is 2.58 bits per heavy atom. The fourth-order valence-electron chi connectivity index (χ4n) is 1.76. The summed E-state index contributed by atoms with van der Waals surface area (Å²) in [5.41, 5.74) is 6.59. The molecule has 0 fully saturated rings. The Morgan fingerprint density at radius 1 is 1.26 bits per heavy atom. The van der Waals surface area contributed by atoms with Crippen LogP contribution in [-0.2, 0) is 5.54 Å². The standard InChI is InChI=1S/C13H15Br2N3O/c1-3-13(16,4-2)12-17-11(19-18-12)9-7-8(14)5-6-10(9)15/h5-7H,3-4,16H2,1-2H3. The van der Waals surface area contributed by atoms with Crippen LogP contribution in [0.4, 0.5) is 0 Å². The molecule has 0 amide bonds. The monoisotopic (exact) mass is 387 g/mol. The van der Waals surface area contributed by atoms with Crippen LogP contribution in [0.2, 0.25) is 0 Å². The van der Waals surface area contributed by atoms with Gasteiger partial charge in [0, 0.05) is 8.95 Å². The molecule has 0 atom stereocenters. The van der Waals surface area contributed by atoms with E-state index in [9.17, 15) is 0 Å². The van der Waals surface area contributed by atoms with Crippen molar-refractivity contribution in [3.05, 3.63) is 33.0 Å². The highest BCUT2D eigenvalue weighted by Crippen LogP contribution is 2.32. The predicted molar refractivity (Wildman–Crippen MR) is 81.6 cm³/mol. The topological polar surface area (TPSA) is 64.9 Å². The second-order valence-corrected chi connectivity index (χ2v) is 6.18. The molecule has 0 unspecified atom stereocenters. The van der Waals surface area contributed by atoms with E-state index >= 15 is 0 Å². The summed E-state index contributed by atoms with van der Waals surface area (Å²) >= 11 is 6.91. The molecule has 0 aliphatic rings. The van der Waals surface area contributed by atoms with E-state index in [1.54, 1.807) is 0 Å². The van der Waals surface area contributed by atoms with Gasteiger partial charge in [-0.15, -0.1) is 0 Å². The Bertz CT molecular complexity index is 579. The number of rotatable bonds is 4. The zero-order chi connectivity index (χ0) is 14.0. The lowest BCUT2D eigenvalue weighted by molar-refractivity contribution is 0.350. The number of hydrogen-bond donors (Lipinski definition) is 1. The molecule has 0 saturated heterocycles. The van der Waals surface area contributed by atoms with Gasteiger partial charge in [0.15, 0.2) is 5.82 Å². The van der Waals surface area contributed by atoms with Crippen LogP contribution < -0.4 is 5.73 Å². The van der Waals surface area contributed by atoms with Crippen LogP contribution >= 0.6 is 31.9 Å². The molecule has 0 aliphatic carbocycles. The van der Waals surface area contributed by atoms with E-state index in [0.717, 1.165) is 27.4 Å². The molecule has 2 rings (SSSR count). The maximum atomic E-state index is 6.27. The first kappa shape index (κ1) is 14.7. The Morgan fingerprint density at radius 2 is 1.95 bits per heavy atom. The molecule has 0 saturated carbocycles. The van der Waals surface area contributed by atoms with Crippen molar-refractivity contribution in [1.82, 2.24) is 10.1 Å². The van der Waals surface area contributed by atoms with E-state index in [-0.39, 0.29) is 0 Å². The second kappa shape index (κ2) is 5.73. The molecular formula is C13H15Br2N3O. The van der Waals surface area contributed by atoms with Crippen LogP contribution in [-0.4, -0.2) is 10.1 Å². The van der Waals surface area contributed by atoms with Gasteiger partial charge in [-0.25, -0.2) is 0 Å². The predicted octanol–water partition coefficient (Wildman–Crippen LogP) is 4.24. The van der Waals surface area contributed by atoms with Gasteiger partial charge in [0.2, 0.25) is 0 Å². The van der Waals surface area contributed by atoms with Gasteiger partial charge >= 0.3 is 0 Å². The van der Waals surface area contributed by atoms with Gasteiger partial charge in [-0.1, -0.05) is 34.9 Å². The first-order chi connectivity index (χ1) is 9.00. The van der Waals surface area contributed by atoms with Crippen LogP contribution in [0.1, 0.15) is 32.5 Å². The fourth-order valence-corrected chi connectivity index (χ4v) is 2.54. The molecule has 0 aliphatic heterocycles. The van der Waals surface area contributed by atoms with Crippen molar-refractivity contribution in [3.63, 3.8) is 0 Å². The molecule has 0 radical (unpaired) electrons. The van der Waals surface area contributed by atoms with Gasteiger partial charge in [0.25, 0.3) is 5.89 Å². The minimum absolute atomic E-state index is 0.472. The average molecular weight is 389 g/mol. The summed E-state index contributed by atoms with van der Waals surface area (Å²) < 4.78 is 7.20. The molecule has 4 nitrogen and oxygen atoms in total. The largest absolute Gasteiger partial charge is 0.334 e. The third kappa shape index (κ3) is 2.90. The lowest BCUT2D eigenvalue weighted by atomic mass is 9.93. The van der Waals surface area contributed by atoms with Crippen molar-refractivity contribution in [1.29, 1.82) is 0 Å². The smallest absolute Gasteiger partial charge is 0.259 e. The van der Waals surface area contributed by atoms with Gasteiger partial charge in [-0.2, -0.15) is 4.98 Å². The highest BCUT2D eigenvalue weighted by molar-refractivity contribution is 9.11. The van der Waals surface area contributed by atoms with Crippen LogP contribution in [0.5, 0.6) is 0 Å². The van der Waals surface area contributed by atoms with Crippen molar-refractivity contribution in [2.75, 3.05) is 0 Å². The van der Waals surface area contributed by atoms with E-state index < -0.39 is 5.54 Å². The summed E-state index contributed by atoms with van der Waals surface area (Å²) in [5, 5.41) is 4.03. The molecule has 0 bridgehead atoms. The quantitative estimate of drug-likeness (QED) is 0.850. The molecule has 1 heterocycles. The number of nitrogens with zero attached hydrogens (tertiary/aromatic N) is 2. The molecule has 102 valence electrons. The Kier molecular flexibility index (Phi) is 4.43. The third-order valence-electron chi connectivity index (χ3n) is 3.29. The minimum Gasteiger partial charge on any atom is -0.334 e. The van der Waals surface area contributed by atoms with Crippen molar-refractivity contribution < 1.29 is 4.52 Å². The molecule has 6 heteroatoms. The summed E-state index contributed by atoms with van der Waals surface area (Å²) in [6.07, 6.45) is 1.53. The molecule has 2 aromatic rings. The summed E-state index contributed by atoms with van der Waals surface area (Å²) in [4.78, 5) is 4.44. The number of hydrogen-bond acceptors (Lipinski definition) is 4. The van der Waals surface area contributed by atoms with E-state index in [2.05, 4.69) is 42.0 Å². The van der Waals surface area contributed by atoms with Crippen molar-refractivity contribution in [2.24, 2.45) is 5.73 Å². The van der Waals surface area contributed by atoms with Crippen LogP contribution in [0.3, 0.4) is 0 Å². The van der Waals surface area contributed by atoms with E-state index in [1.165, 1.54) is 0 Å². The van der Waals surface area contributed by atoms with Gasteiger partial charge in [-0.05, 0) is 47.0 Å². The summed E-state index contributed by atoms with van der Waals surface area (Å²) in [6, 6.07) is 5.80. The molecule has 0 spiro atoms. The summed E-state index contributed by atoms with van der Waals surface area (Å²) in [5.74, 6) is 1.03. The summed E-state index contributed by atoms with van der Waals surface area (Å²) in [6.45, 7) is 4.04. The summed E-state index contributed by atoms with van der Waals surface area (Å²) in [7, 11) is 0. The first-order valence-electron chi connectivity index (χ1n) is 6.08. The number of aromatic nitrogens is 2. The van der Waals surface area contributed by atoms with E-state index in [0.29, 0.717) is 11.7 Å². The van der Waals surface area contributed by atoms with Gasteiger partial charge in [0.05, 0.1) is 11.1 Å². The Hall–Kier alpha value is -0.720. The molecular weight excluding hydrogens is 374 g/mol. The molecule has 1 aromatic heterocycles. The lowest BCUT2D eigenvalue weighted by Gasteiger charge is -2.21. The molecule has 2 N–H and O–H groups in total. The number of halogens is 2. The van der Waals surface area contributed by atoms with Gasteiger partial charge in [0.1, 0.15) is 0 Å². The van der Waals surface area contributed by atoms with Gasteiger partial charge < -0.3 is 10.3 Å². The third-order valence-corrected chi connectivity index (χ3v) is 4.48. The second-order valence-electron chi connectivity index (χ2n) is 4.41. The highest BCUT2D eigenvalue weighted by atomic mass is 79.9. The Labute approximate surface area is 129 Å². The van der Waals surface area contributed by atoms with Gasteiger partial charge in [-0.3, -0.25) is 0 Å². The maximum absolute atomic E-state index is 6.27. The van der Waals surface area contributed by atoms with Crippen LogP contribution in [0.15, 0.2) is 31.7 Å². The molecule has 1 aromatic carbocycles. The average Bonchev–Trinajstić information content (AvgIpc) is 2.90. The SMILES string of the molecule is CCC(N)(CC)c1noc(-c2cc(Br)ccc2Br)n1. The van der Waals surface area contributed by atoms with E-state index in [4.69, 9.17) is 10.3 Å². The minimum atomic E-state index is -0.528. The maximum Gasteiger partial charge on any atom is 0.259 e. The fraction of sp³-hybridized carbons (Fsp3) is 0.385.